The molecule has 0 atom stereocenters. The molecule has 5 heteroatoms. The van der Waals surface area contributed by atoms with Crippen LogP contribution in [0, 0.1) is 23.2 Å². The number of anilines is 1. The lowest BCUT2D eigenvalue weighted by Gasteiger charge is -2.56. The Kier molecular flexibility index (Phi) is 3.43. The minimum atomic E-state index is 0.141. The molecule has 6 rings (SSSR count). The van der Waals surface area contributed by atoms with Gasteiger partial charge in [0.25, 0.3) is 0 Å². The van der Waals surface area contributed by atoms with E-state index in [1.54, 1.807) is 0 Å². The number of hydrogen-bond acceptors (Lipinski definition) is 3. The highest BCUT2D eigenvalue weighted by atomic mass is 35.5. The zero-order valence-electron chi connectivity index (χ0n) is 13.6. The van der Waals surface area contributed by atoms with Gasteiger partial charge in [-0.05, 0) is 79.9 Å². The van der Waals surface area contributed by atoms with Gasteiger partial charge in [0.2, 0.25) is 5.91 Å². The molecule has 4 saturated carbocycles. The highest BCUT2D eigenvalue weighted by molar-refractivity contribution is 7.22. The summed E-state index contributed by atoms with van der Waals surface area (Å²) in [7, 11) is 0. The van der Waals surface area contributed by atoms with Gasteiger partial charge >= 0.3 is 0 Å². The van der Waals surface area contributed by atoms with Crippen LogP contribution in [-0.2, 0) is 4.79 Å². The number of carbonyl (C=O) groups excluding carboxylic acids is 1. The molecule has 1 aromatic carbocycles. The first-order valence-electron chi connectivity index (χ1n) is 8.93. The van der Waals surface area contributed by atoms with Gasteiger partial charge in [-0.1, -0.05) is 22.9 Å². The third kappa shape index (κ3) is 2.64. The summed E-state index contributed by atoms with van der Waals surface area (Å²) < 4.78 is 1.02. The van der Waals surface area contributed by atoms with Crippen molar-refractivity contribution in [3.63, 3.8) is 0 Å². The second-order valence-electron chi connectivity index (χ2n) is 8.27. The fourth-order valence-corrected chi connectivity index (χ4v) is 7.12. The minimum Gasteiger partial charge on any atom is -0.302 e. The maximum atomic E-state index is 12.7. The lowest BCUT2D eigenvalue weighted by molar-refractivity contribution is -0.124. The van der Waals surface area contributed by atoms with Gasteiger partial charge in [0.1, 0.15) is 0 Å². The van der Waals surface area contributed by atoms with Crippen LogP contribution in [0.3, 0.4) is 0 Å². The van der Waals surface area contributed by atoms with E-state index in [1.807, 2.05) is 18.2 Å². The largest absolute Gasteiger partial charge is 0.302 e. The molecule has 0 radical (unpaired) electrons. The van der Waals surface area contributed by atoms with E-state index in [0.29, 0.717) is 16.6 Å². The van der Waals surface area contributed by atoms with E-state index in [9.17, 15) is 4.79 Å². The number of fused-ring (bicyclic) bond motifs is 1. The van der Waals surface area contributed by atoms with Gasteiger partial charge in [0, 0.05) is 11.4 Å². The molecule has 4 bridgehead atoms. The van der Waals surface area contributed by atoms with E-state index < -0.39 is 0 Å². The third-order valence-corrected chi connectivity index (χ3v) is 7.47. The normalized spacial score (nSPS) is 34.0. The van der Waals surface area contributed by atoms with Gasteiger partial charge in [0.15, 0.2) is 5.13 Å². The quantitative estimate of drug-likeness (QED) is 0.785. The van der Waals surface area contributed by atoms with E-state index >= 15 is 0 Å². The average Bonchev–Trinajstić information content (AvgIpc) is 2.85. The summed E-state index contributed by atoms with van der Waals surface area (Å²) in [5.41, 5.74) is 1.17. The highest BCUT2D eigenvalue weighted by Gasteiger charge is 2.51. The molecule has 1 N–H and O–H groups in total. The van der Waals surface area contributed by atoms with Gasteiger partial charge in [-0.15, -0.1) is 0 Å². The average molecular weight is 361 g/mol. The summed E-state index contributed by atoms with van der Waals surface area (Å²) in [4.78, 5) is 17.2. The molecule has 0 saturated heterocycles. The van der Waals surface area contributed by atoms with Crippen molar-refractivity contribution in [3.8, 4) is 0 Å². The Morgan fingerprint density at radius 3 is 2.54 bits per heavy atom. The molecule has 0 spiro atoms. The first-order valence-corrected chi connectivity index (χ1v) is 10.1. The number of carbonyl (C=O) groups is 1. The number of nitrogens with zero attached hydrogens (tertiary/aromatic N) is 1. The smallest absolute Gasteiger partial charge is 0.226 e. The highest BCUT2D eigenvalue weighted by Crippen LogP contribution is 2.61. The summed E-state index contributed by atoms with van der Waals surface area (Å²) in [5.74, 6) is 2.79. The van der Waals surface area contributed by atoms with Crippen molar-refractivity contribution in [2.45, 2.75) is 44.9 Å². The van der Waals surface area contributed by atoms with E-state index in [4.69, 9.17) is 11.6 Å². The Balaban J connectivity index is 1.31. The van der Waals surface area contributed by atoms with E-state index in [1.165, 1.54) is 49.9 Å². The Morgan fingerprint density at radius 1 is 1.21 bits per heavy atom. The van der Waals surface area contributed by atoms with Crippen molar-refractivity contribution in [1.82, 2.24) is 4.98 Å². The minimum absolute atomic E-state index is 0.141. The maximum Gasteiger partial charge on any atom is 0.226 e. The van der Waals surface area contributed by atoms with Crippen LogP contribution in [-0.4, -0.2) is 10.9 Å². The Morgan fingerprint density at radius 2 is 1.88 bits per heavy atom. The van der Waals surface area contributed by atoms with Crippen molar-refractivity contribution >= 4 is 44.2 Å². The van der Waals surface area contributed by atoms with Gasteiger partial charge in [0.05, 0.1) is 10.2 Å². The fraction of sp³-hybridized carbons (Fsp3) is 0.579. The summed E-state index contributed by atoms with van der Waals surface area (Å²) in [5, 5.41) is 4.45. The fourth-order valence-electron chi connectivity index (χ4n) is 5.96. The van der Waals surface area contributed by atoms with Gasteiger partial charge in [-0.3, -0.25) is 4.79 Å². The number of benzene rings is 1. The van der Waals surface area contributed by atoms with Crippen molar-refractivity contribution in [1.29, 1.82) is 0 Å². The SMILES string of the molecule is O=C(CC12CC3CC(CC(C3)C1)C2)Nc1nc2ccc(Cl)cc2s1. The number of halogens is 1. The molecule has 1 heterocycles. The maximum absolute atomic E-state index is 12.7. The second kappa shape index (κ2) is 5.43. The van der Waals surface area contributed by atoms with Crippen LogP contribution in [0.1, 0.15) is 44.9 Å². The predicted octanol–water partition coefficient (Wildman–Crippen LogP) is 5.49. The summed E-state index contributed by atoms with van der Waals surface area (Å²) in [6, 6.07) is 5.65. The van der Waals surface area contributed by atoms with Crippen LogP contribution < -0.4 is 5.32 Å². The van der Waals surface area contributed by atoms with Crippen molar-refractivity contribution in [2.75, 3.05) is 5.32 Å². The molecule has 2 aromatic rings. The van der Waals surface area contributed by atoms with Crippen LogP contribution in [0.5, 0.6) is 0 Å². The van der Waals surface area contributed by atoms with Gasteiger partial charge in [-0.25, -0.2) is 4.98 Å². The lowest BCUT2D eigenvalue weighted by atomic mass is 9.49. The molecule has 24 heavy (non-hydrogen) atoms. The number of hydrogen-bond donors (Lipinski definition) is 1. The number of amides is 1. The van der Waals surface area contributed by atoms with E-state index in [0.717, 1.165) is 28.0 Å². The molecule has 0 aliphatic heterocycles. The zero-order valence-corrected chi connectivity index (χ0v) is 15.1. The Bertz CT molecular complexity index is 780. The number of nitrogens with one attached hydrogen (secondary N) is 1. The number of thiazole rings is 1. The van der Waals surface area contributed by atoms with Gasteiger partial charge < -0.3 is 5.32 Å². The molecule has 1 aromatic heterocycles. The first-order chi connectivity index (χ1) is 11.6. The molecule has 4 aliphatic carbocycles. The summed E-state index contributed by atoms with van der Waals surface area (Å²) in [6.45, 7) is 0. The summed E-state index contributed by atoms with van der Waals surface area (Å²) >= 11 is 7.53. The number of aromatic nitrogens is 1. The zero-order chi connectivity index (χ0) is 16.3. The molecule has 0 unspecified atom stereocenters. The monoisotopic (exact) mass is 360 g/mol. The second-order valence-corrected chi connectivity index (χ2v) is 9.74. The van der Waals surface area contributed by atoms with Crippen LogP contribution in [0.25, 0.3) is 10.2 Å². The molecule has 3 nitrogen and oxygen atoms in total. The van der Waals surface area contributed by atoms with E-state index in [2.05, 4.69) is 10.3 Å². The molecule has 4 aliphatic rings. The third-order valence-electron chi connectivity index (χ3n) is 6.30. The lowest BCUT2D eigenvalue weighted by Crippen LogP contribution is -2.47. The molecular formula is C19H21ClN2OS. The van der Waals surface area contributed by atoms with Gasteiger partial charge in [-0.2, -0.15) is 0 Å². The molecule has 1 amide bonds. The van der Waals surface area contributed by atoms with Crippen LogP contribution in [0.15, 0.2) is 18.2 Å². The van der Waals surface area contributed by atoms with Crippen LogP contribution in [0.2, 0.25) is 5.02 Å². The van der Waals surface area contributed by atoms with Crippen LogP contribution in [0.4, 0.5) is 5.13 Å². The first kappa shape index (κ1) is 15.2. The number of rotatable bonds is 3. The Labute approximate surface area is 150 Å². The predicted molar refractivity (Wildman–Crippen MR) is 98.5 cm³/mol. The topological polar surface area (TPSA) is 42.0 Å². The Hall–Kier alpha value is -1.13. The standard InChI is InChI=1S/C19H21ClN2OS/c20-14-1-2-15-16(6-14)24-18(21-15)22-17(23)10-19-7-11-3-12(8-19)5-13(4-11)9-19/h1-2,6,11-13H,3-5,7-10H2,(H,21,22,23). The van der Waals surface area contributed by atoms with E-state index in [-0.39, 0.29) is 11.3 Å². The van der Waals surface area contributed by atoms with Crippen molar-refractivity contribution in [2.24, 2.45) is 23.2 Å². The molecule has 126 valence electrons. The van der Waals surface area contributed by atoms with Crippen molar-refractivity contribution in [3.05, 3.63) is 23.2 Å². The molecule has 4 fully saturated rings. The molecular weight excluding hydrogens is 340 g/mol. The summed E-state index contributed by atoms with van der Waals surface area (Å²) in [6.07, 6.45) is 8.72. The van der Waals surface area contributed by atoms with Crippen LogP contribution >= 0.6 is 22.9 Å². The van der Waals surface area contributed by atoms with Crippen molar-refractivity contribution < 1.29 is 4.79 Å².